The Bertz CT molecular complexity index is 304. The van der Waals surface area contributed by atoms with E-state index >= 15 is 0 Å². The number of carbonyl (C=O) groups excluding carboxylic acids is 2. The van der Waals surface area contributed by atoms with Gasteiger partial charge in [-0.3, -0.25) is 9.59 Å². The molecule has 18 heavy (non-hydrogen) atoms. The Morgan fingerprint density at radius 3 is 1.44 bits per heavy atom. The smallest absolute Gasteiger partial charge is 0.154 e. The summed E-state index contributed by atoms with van der Waals surface area (Å²) in [6, 6.07) is 0. The first kappa shape index (κ1) is 19.3. The molecule has 2 N–H and O–H groups in total. The molecule has 0 fully saturated rings. The number of allylic oxidation sites excluding steroid dienone is 4. The number of carbonyl (C=O) groups is 2. The fourth-order valence-electron chi connectivity index (χ4n) is 1.37. The molecule has 0 aromatic carbocycles. The standard InChI is InChI=1S/C13H22N2O2.Cu/c1-10(8-12(3)16)14-6-5-7-15-11(2)9-13(4)17;/h8-9,14-15H,5-7H2,1-4H3;. The number of hydrogen-bond donors (Lipinski definition) is 2. The van der Waals surface area contributed by atoms with Gasteiger partial charge in [-0.15, -0.1) is 0 Å². The van der Waals surface area contributed by atoms with E-state index in [9.17, 15) is 9.59 Å². The van der Waals surface area contributed by atoms with E-state index in [1.807, 2.05) is 13.8 Å². The molecular weight excluding hydrogens is 280 g/mol. The van der Waals surface area contributed by atoms with Crippen molar-refractivity contribution in [1.82, 2.24) is 10.6 Å². The van der Waals surface area contributed by atoms with Gasteiger partial charge in [0.15, 0.2) is 11.6 Å². The summed E-state index contributed by atoms with van der Waals surface area (Å²) < 4.78 is 0. The van der Waals surface area contributed by atoms with Crippen molar-refractivity contribution in [2.45, 2.75) is 34.1 Å². The monoisotopic (exact) mass is 301 g/mol. The molecule has 1 radical (unpaired) electrons. The molecule has 0 aromatic heterocycles. The van der Waals surface area contributed by atoms with Crippen molar-refractivity contribution in [3.8, 4) is 0 Å². The maximum atomic E-state index is 10.8. The van der Waals surface area contributed by atoms with E-state index in [1.54, 1.807) is 12.2 Å². The second-order valence-corrected chi connectivity index (χ2v) is 4.08. The van der Waals surface area contributed by atoms with E-state index in [1.165, 1.54) is 13.8 Å². The summed E-state index contributed by atoms with van der Waals surface area (Å²) in [4.78, 5) is 21.5. The zero-order valence-corrected chi connectivity index (χ0v) is 12.3. The first-order chi connectivity index (χ1) is 7.91. The van der Waals surface area contributed by atoms with Gasteiger partial charge in [0, 0.05) is 41.6 Å². The van der Waals surface area contributed by atoms with E-state index in [-0.39, 0.29) is 28.6 Å². The number of ketones is 2. The molecule has 5 heteroatoms. The number of rotatable bonds is 8. The average Bonchev–Trinajstić information content (AvgIpc) is 2.14. The first-order valence-electron chi connectivity index (χ1n) is 5.77. The van der Waals surface area contributed by atoms with Crippen molar-refractivity contribution in [3.05, 3.63) is 23.5 Å². The number of hydrogen-bond acceptors (Lipinski definition) is 4. The summed E-state index contributed by atoms with van der Waals surface area (Å²) in [6.07, 6.45) is 4.08. The Morgan fingerprint density at radius 1 is 0.833 bits per heavy atom. The minimum atomic E-state index is 0. The van der Waals surface area contributed by atoms with E-state index < -0.39 is 0 Å². The largest absolute Gasteiger partial charge is 0.388 e. The van der Waals surface area contributed by atoms with E-state index in [4.69, 9.17) is 0 Å². The van der Waals surface area contributed by atoms with Gasteiger partial charge in [0.25, 0.3) is 0 Å². The third-order valence-electron chi connectivity index (χ3n) is 2.00. The van der Waals surface area contributed by atoms with Crippen LogP contribution in [0.1, 0.15) is 34.1 Å². The van der Waals surface area contributed by atoms with Gasteiger partial charge >= 0.3 is 0 Å². The molecule has 0 saturated heterocycles. The van der Waals surface area contributed by atoms with Crippen LogP contribution in [-0.4, -0.2) is 24.7 Å². The van der Waals surface area contributed by atoms with Crippen LogP contribution in [0.25, 0.3) is 0 Å². The molecule has 0 aliphatic carbocycles. The molecule has 0 bridgehead atoms. The third-order valence-corrected chi connectivity index (χ3v) is 2.00. The van der Waals surface area contributed by atoms with Crippen LogP contribution in [-0.2, 0) is 26.7 Å². The van der Waals surface area contributed by atoms with Gasteiger partial charge < -0.3 is 10.6 Å². The molecular formula is C13H22CuN2O2. The average molecular weight is 302 g/mol. The molecule has 0 aromatic rings. The van der Waals surface area contributed by atoms with Crippen molar-refractivity contribution < 1.29 is 26.7 Å². The minimum absolute atomic E-state index is 0. The van der Waals surface area contributed by atoms with Gasteiger partial charge in [-0.05, 0) is 46.3 Å². The van der Waals surface area contributed by atoms with E-state index in [2.05, 4.69) is 10.6 Å². The topological polar surface area (TPSA) is 58.2 Å². The Kier molecular flexibility index (Phi) is 11.8. The Balaban J connectivity index is 0. The van der Waals surface area contributed by atoms with Crippen molar-refractivity contribution in [3.63, 3.8) is 0 Å². The second-order valence-electron chi connectivity index (χ2n) is 4.08. The normalized spacial score (nSPS) is 11.6. The molecule has 4 nitrogen and oxygen atoms in total. The summed E-state index contributed by atoms with van der Waals surface area (Å²) in [7, 11) is 0. The molecule has 0 rings (SSSR count). The molecule has 0 aliphatic rings. The van der Waals surface area contributed by atoms with Gasteiger partial charge in [-0.25, -0.2) is 0 Å². The van der Waals surface area contributed by atoms with Crippen LogP contribution in [0.4, 0.5) is 0 Å². The van der Waals surface area contributed by atoms with Gasteiger partial charge in [-0.2, -0.15) is 0 Å². The van der Waals surface area contributed by atoms with E-state index in [0.717, 1.165) is 30.9 Å². The summed E-state index contributed by atoms with van der Waals surface area (Å²) in [5.41, 5.74) is 1.77. The molecule has 107 valence electrons. The van der Waals surface area contributed by atoms with Crippen LogP contribution >= 0.6 is 0 Å². The van der Waals surface area contributed by atoms with Crippen molar-refractivity contribution in [1.29, 1.82) is 0 Å². The molecule has 0 atom stereocenters. The molecule has 0 heterocycles. The van der Waals surface area contributed by atoms with Crippen molar-refractivity contribution in [2.75, 3.05) is 13.1 Å². The molecule has 0 amide bonds. The Morgan fingerprint density at radius 2 is 1.17 bits per heavy atom. The van der Waals surface area contributed by atoms with Crippen LogP contribution < -0.4 is 10.6 Å². The van der Waals surface area contributed by atoms with Crippen LogP contribution in [0.3, 0.4) is 0 Å². The fraction of sp³-hybridized carbons (Fsp3) is 0.538. The van der Waals surface area contributed by atoms with Gasteiger partial charge in [-0.1, -0.05) is 0 Å². The summed E-state index contributed by atoms with van der Waals surface area (Å²) in [5, 5.41) is 6.28. The number of nitrogens with one attached hydrogen (secondary N) is 2. The minimum Gasteiger partial charge on any atom is -0.388 e. The SMILES string of the molecule is CC(=O)C=C(C)NCCCNC(C)=CC(C)=O.[Cu]. The van der Waals surface area contributed by atoms with Gasteiger partial charge in [0.05, 0.1) is 0 Å². The van der Waals surface area contributed by atoms with Crippen molar-refractivity contribution in [2.24, 2.45) is 0 Å². The van der Waals surface area contributed by atoms with Gasteiger partial charge in [0.2, 0.25) is 0 Å². The molecule has 0 spiro atoms. The third kappa shape index (κ3) is 13.0. The predicted molar refractivity (Wildman–Crippen MR) is 69.5 cm³/mol. The van der Waals surface area contributed by atoms with Gasteiger partial charge in [0.1, 0.15) is 0 Å². The molecule has 0 saturated carbocycles. The van der Waals surface area contributed by atoms with Crippen LogP contribution in [0, 0.1) is 0 Å². The van der Waals surface area contributed by atoms with Crippen LogP contribution in [0.5, 0.6) is 0 Å². The Hall–Kier alpha value is -1.06. The predicted octanol–water partition coefficient (Wildman–Crippen LogP) is 1.54. The zero-order chi connectivity index (χ0) is 13.3. The fourth-order valence-corrected chi connectivity index (χ4v) is 1.37. The summed E-state index contributed by atoms with van der Waals surface area (Å²) in [6.45, 7) is 8.41. The van der Waals surface area contributed by atoms with E-state index in [0.29, 0.717) is 0 Å². The van der Waals surface area contributed by atoms with Crippen LogP contribution in [0.15, 0.2) is 23.5 Å². The Labute approximate surface area is 120 Å². The van der Waals surface area contributed by atoms with Crippen LogP contribution in [0.2, 0.25) is 0 Å². The first-order valence-corrected chi connectivity index (χ1v) is 5.77. The summed E-state index contributed by atoms with van der Waals surface area (Å²) in [5.74, 6) is 0.0988. The molecule has 0 unspecified atom stereocenters. The maximum Gasteiger partial charge on any atom is 0.154 e. The summed E-state index contributed by atoms with van der Waals surface area (Å²) >= 11 is 0. The van der Waals surface area contributed by atoms with Crippen molar-refractivity contribution >= 4 is 11.6 Å². The zero-order valence-electron chi connectivity index (χ0n) is 11.4. The quantitative estimate of drug-likeness (QED) is 0.406. The maximum absolute atomic E-state index is 10.8. The molecule has 0 aliphatic heterocycles. The second kappa shape index (κ2) is 11.1.